The average Bonchev–Trinajstić information content (AvgIpc) is 2.85. The zero-order valence-corrected chi connectivity index (χ0v) is 20.5. The van der Waals surface area contributed by atoms with Gasteiger partial charge >= 0.3 is 0 Å². The summed E-state index contributed by atoms with van der Waals surface area (Å²) < 4.78 is 0. The third-order valence-corrected chi connectivity index (χ3v) is 6.52. The number of halogens is 1. The van der Waals surface area contributed by atoms with Gasteiger partial charge < -0.3 is 28.8 Å². The maximum atomic E-state index is 11.1. The summed E-state index contributed by atoms with van der Waals surface area (Å²) in [4.78, 5) is 25.1. The summed E-state index contributed by atoms with van der Waals surface area (Å²) in [5.41, 5.74) is 10.5. The first-order valence-corrected chi connectivity index (χ1v) is 11.7. The van der Waals surface area contributed by atoms with Crippen LogP contribution < -0.4 is 28.8 Å². The Bertz CT molecular complexity index is 1320. The van der Waals surface area contributed by atoms with Crippen LogP contribution in [-0.4, -0.2) is 33.9 Å². The summed E-state index contributed by atoms with van der Waals surface area (Å²) in [5.74, 6) is 0.428. The minimum atomic E-state index is -0.0610. The summed E-state index contributed by atoms with van der Waals surface area (Å²) in [6.45, 7) is 2.54. The number of amides is 1. The predicted molar refractivity (Wildman–Crippen MR) is 134 cm³/mol. The Balaban J connectivity index is 0.00000289. The Hall–Kier alpha value is -3.55. The molecule has 0 spiro atoms. The molecular formula is C27H29ClN6O. The molecule has 0 bridgehead atoms. The normalized spacial score (nSPS) is 14.0. The summed E-state index contributed by atoms with van der Waals surface area (Å²) in [6, 6.07) is 21.1. The van der Waals surface area contributed by atoms with Crippen LogP contribution in [0.5, 0.6) is 0 Å². The second-order valence-corrected chi connectivity index (χ2v) is 8.98. The van der Waals surface area contributed by atoms with Crippen molar-refractivity contribution in [3.05, 3.63) is 72.4 Å². The number of anilines is 1. The van der Waals surface area contributed by atoms with Gasteiger partial charge in [0.1, 0.15) is 5.54 Å². The summed E-state index contributed by atoms with van der Waals surface area (Å²) in [6.07, 6.45) is 5.32. The molecule has 5 N–H and O–H groups in total. The van der Waals surface area contributed by atoms with E-state index in [2.05, 4.69) is 68.8 Å². The van der Waals surface area contributed by atoms with Crippen molar-refractivity contribution in [2.24, 2.45) is 0 Å². The number of hydrogen-bond acceptors (Lipinski definition) is 5. The van der Waals surface area contributed by atoms with Gasteiger partial charge in [-0.15, -0.1) is 0 Å². The van der Waals surface area contributed by atoms with Crippen LogP contribution in [0.15, 0.2) is 66.9 Å². The van der Waals surface area contributed by atoms with E-state index in [0.717, 1.165) is 40.6 Å². The quantitative estimate of drug-likeness (QED) is 0.329. The second-order valence-electron chi connectivity index (χ2n) is 8.98. The van der Waals surface area contributed by atoms with Crippen LogP contribution in [0, 0.1) is 0 Å². The van der Waals surface area contributed by atoms with E-state index in [1.807, 2.05) is 18.2 Å². The smallest absolute Gasteiger partial charge is 0.224 e. The van der Waals surface area contributed by atoms with Crippen molar-refractivity contribution in [3.63, 3.8) is 0 Å². The van der Waals surface area contributed by atoms with Crippen LogP contribution >= 0.6 is 0 Å². The van der Waals surface area contributed by atoms with E-state index in [9.17, 15) is 4.79 Å². The minimum Gasteiger partial charge on any atom is -1.00 e. The lowest BCUT2D eigenvalue weighted by molar-refractivity contribution is -0.509. The molecule has 1 amide bonds. The van der Waals surface area contributed by atoms with Crippen molar-refractivity contribution in [2.45, 2.75) is 31.7 Å². The lowest BCUT2D eigenvalue weighted by atomic mass is 9.72. The van der Waals surface area contributed by atoms with Crippen LogP contribution in [0.4, 0.5) is 5.95 Å². The van der Waals surface area contributed by atoms with E-state index in [-0.39, 0.29) is 23.9 Å². The molecule has 7 nitrogen and oxygen atoms in total. The van der Waals surface area contributed by atoms with Gasteiger partial charge in [0.25, 0.3) is 0 Å². The number of nitrogens with zero attached hydrogens (tertiary/aromatic N) is 3. The van der Waals surface area contributed by atoms with E-state index in [0.29, 0.717) is 24.7 Å². The monoisotopic (exact) mass is 488 g/mol. The molecule has 8 heteroatoms. The van der Waals surface area contributed by atoms with Gasteiger partial charge in [0.15, 0.2) is 5.65 Å². The van der Waals surface area contributed by atoms with E-state index in [1.54, 1.807) is 6.20 Å². The highest BCUT2D eigenvalue weighted by molar-refractivity contribution is 5.90. The molecule has 2 aromatic carbocycles. The third-order valence-electron chi connectivity index (χ3n) is 6.52. The van der Waals surface area contributed by atoms with E-state index in [4.69, 9.17) is 4.98 Å². The first-order valence-electron chi connectivity index (χ1n) is 11.7. The molecule has 1 saturated carbocycles. The van der Waals surface area contributed by atoms with E-state index < -0.39 is 0 Å². The fourth-order valence-corrected chi connectivity index (χ4v) is 4.39. The molecule has 180 valence electrons. The Labute approximate surface area is 211 Å². The van der Waals surface area contributed by atoms with Gasteiger partial charge in [0.2, 0.25) is 11.9 Å². The molecule has 0 atom stereocenters. The first-order chi connectivity index (χ1) is 16.5. The van der Waals surface area contributed by atoms with Crippen LogP contribution in [-0.2, 0) is 10.3 Å². The lowest BCUT2D eigenvalue weighted by Gasteiger charge is -2.34. The first kappa shape index (κ1) is 24.6. The van der Waals surface area contributed by atoms with Gasteiger partial charge in [-0.2, -0.15) is 4.98 Å². The van der Waals surface area contributed by atoms with Gasteiger partial charge in [-0.05, 0) is 18.1 Å². The number of pyridine rings is 1. The molecule has 5 rings (SSSR count). The zero-order valence-electron chi connectivity index (χ0n) is 19.7. The number of quaternary nitrogens is 1. The van der Waals surface area contributed by atoms with Gasteiger partial charge in [-0.3, -0.25) is 4.79 Å². The molecule has 1 aliphatic carbocycles. The third kappa shape index (κ3) is 5.26. The number of carbonyl (C=O) groups is 1. The van der Waals surface area contributed by atoms with E-state index >= 15 is 0 Å². The van der Waals surface area contributed by atoms with Crippen LogP contribution in [0.2, 0.25) is 0 Å². The summed E-state index contributed by atoms with van der Waals surface area (Å²) >= 11 is 0. The molecule has 0 aliphatic heterocycles. The highest BCUT2D eigenvalue weighted by Crippen LogP contribution is 2.38. The Morgan fingerprint density at radius 3 is 2.40 bits per heavy atom. The van der Waals surface area contributed by atoms with Crippen molar-refractivity contribution in [3.8, 4) is 22.4 Å². The van der Waals surface area contributed by atoms with Crippen LogP contribution in [0.3, 0.4) is 0 Å². The average molecular weight is 489 g/mol. The van der Waals surface area contributed by atoms with Crippen molar-refractivity contribution in [1.82, 2.24) is 20.3 Å². The molecule has 35 heavy (non-hydrogen) atoms. The molecule has 0 saturated heterocycles. The number of carbonyl (C=O) groups excluding carboxylic acids is 1. The topological polar surface area (TPSA) is 107 Å². The Morgan fingerprint density at radius 1 is 1.00 bits per heavy atom. The van der Waals surface area contributed by atoms with Crippen molar-refractivity contribution >= 4 is 22.9 Å². The number of hydrogen-bond donors (Lipinski definition) is 3. The minimum absolute atomic E-state index is 0. The van der Waals surface area contributed by atoms with Crippen molar-refractivity contribution in [2.75, 3.05) is 18.4 Å². The highest BCUT2D eigenvalue weighted by Gasteiger charge is 2.38. The number of aromatic nitrogens is 3. The van der Waals surface area contributed by atoms with Gasteiger partial charge in [-0.25, -0.2) is 9.97 Å². The largest absolute Gasteiger partial charge is 1.00 e. The molecule has 0 radical (unpaired) electrons. The number of rotatable bonds is 7. The molecule has 4 aromatic rings. The fraction of sp³-hybridized carbons (Fsp3) is 0.259. The molecule has 0 unspecified atom stereocenters. The molecule has 2 heterocycles. The fourth-order valence-electron chi connectivity index (χ4n) is 4.39. The molecular weight excluding hydrogens is 460 g/mol. The Kier molecular flexibility index (Phi) is 7.28. The van der Waals surface area contributed by atoms with Gasteiger partial charge in [0.05, 0.1) is 5.69 Å². The van der Waals surface area contributed by atoms with Crippen molar-refractivity contribution < 1.29 is 22.9 Å². The lowest BCUT2D eigenvalue weighted by Crippen LogP contribution is -3.00. The maximum absolute atomic E-state index is 11.1. The number of benzene rings is 2. The number of nitrogens with one attached hydrogen (secondary N) is 2. The highest BCUT2D eigenvalue weighted by atomic mass is 35.5. The van der Waals surface area contributed by atoms with Crippen LogP contribution in [0.25, 0.3) is 33.4 Å². The number of fused-ring (bicyclic) bond motifs is 1. The predicted octanol–water partition coefficient (Wildman–Crippen LogP) is 0.532. The van der Waals surface area contributed by atoms with Crippen molar-refractivity contribution in [1.29, 1.82) is 0 Å². The van der Waals surface area contributed by atoms with Gasteiger partial charge in [-0.1, -0.05) is 54.6 Å². The molecule has 1 fully saturated rings. The second kappa shape index (κ2) is 10.4. The summed E-state index contributed by atoms with van der Waals surface area (Å²) in [7, 11) is 0. The maximum Gasteiger partial charge on any atom is 0.224 e. The molecule has 1 aliphatic rings. The van der Waals surface area contributed by atoms with Gasteiger partial charge in [0, 0.05) is 61.1 Å². The summed E-state index contributed by atoms with van der Waals surface area (Å²) in [5, 5.41) is 6.78. The SMILES string of the molecule is CC(=O)NCCNc1ncc2cc(-c3ccccc3)c(-c3ccc(C4([NH3+])CCC4)cc3)nc2n1.[Cl-]. The molecule has 2 aromatic heterocycles. The van der Waals surface area contributed by atoms with E-state index in [1.165, 1.54) is 18.9 Å². The van der Waals surface area contributed by atoms with Crippen LogP contribution in [0.1, 0.15) is 31.7 Å². The zero-order chi connectivity index (χ0) is 23.5. The standard InChI is InChI=1S/C27H28N6O.ClH/c1-18(34)29-14-15-30-26-31-17-21-16-23(19-6-3-2-4-7-19)24(32-25(21)33-26)20-8-10-22(11-9-20)27(28)12-5-13-27;/h2-4,6-11,16-17H,5,12-15,28H2,1H3,(H,29,34)(H,30,31,32,33);1H. The Morgan fingerprint density at radius 2 is 1.74 bits per heavy atom.